The van der Waals surface area contributed by atoms with E-state index in [0.717, 1.165) is 4.31 Å². The lowest BCUT2D eigenvalue weighted by atomic mass is 10.2. The molecule has 0 spiro atoms. The molecule has 1 atom stereocenters. The lowest BCUT2D eigenvalue weighted by Crippen LogP contribution is -2.37. The largest absolute Gasteiger partial charge is 0.469 e. The zero-order chi connectivity index (χ0) is 14.3. The van der Waals surface area contributed by atoms with E-state index >= 15 is 0 Å². The number of methoxy groups -OCH3 is 1. The highest BCUT2D eigenvalue weighted by molar-refractivity contribution is 7.89. The average molecular weight is 281 g/mol. The third-order valence-electron chi connectivity index (χ3n) is 2.21. The Kier molecular flexibility index (Phi) is 6.85. The van der Waals surface area contributed by atoms with Gasteiger partial charge in [-0.3, -0.25) is 9.59 Å². The third-order valence-corrected chi connectivity index (χ3v) is 3.91. The number of rotatable bonds is 7. The number of carbonyl (C=O) groups is 2. The minimum absolute atomic E-state index is 0.0472. The number of sulfonamides is 1. The molecule has 0 aromatic carbocycles. The molecule has 0 saturated carbocycles. The zero-order valence-corrected chi connectivity index (χ0v) is 11.8. The van der Waals surface area contributed by atoms with Gasteiger partial charge < -0.3 is 9.47 Å². The van der Waals surface area contributed by atoms with Crippen molar-refractivity contribution in [2.24, 2.45) is 5.92 Å². The molecular formula is C10H19NO6S. The average Bonchev–Trinajstić information content (AvgIpc) is 2.27. The summed E-state index contributed by atoms with van der Waals surface area (Å²) >= 11 is 0. The number of ether oxygens (including phenoxy) is 2. The van der Waals surface area contributed by atoms with Crippen molar-refractivity contribution in [3.63, 3.8) is 0 Å². The fraction of sp³-hybridized carbons (Fsp3) is 0.800. The Balaban J connectivity index is 4.52. The molecule has 0 radical (unpaired) electrons. The third kappa shape index (κ3) is 5.46. The molecule has 8 heteroatoms. The number of carbonyl (C=O) groups excluding carboxylic acids is 2. The second-order valence-corrected chi connectivity index (χ2v) is 5.84. The van der Waals surface area contributed by atoms with Crippen molar-refractivity contribution in [2.45, 2.75) is 13.8 Å². The summed E-state index contributed by atoms with van der Waals surface area (Å²) < 4.78 is 33.5. The van der Waals surface area contributed by atoms with Crippen LogP contribution in [0.2, 0.25) is 0 Å². The maximum atomic E-state index is 11.7. The Labute approximate surface area is 107 Å². The van der Waals surface area contributed by atoms with Gasteiger partial charge in [-0.05, 0) is 6.92 Å². The van der Waals surface area contributed by atoms with Gasteiger partial charge in [0, 0.05) is 13.6 Å². The quantitative estimate of drug-likeness (QED) is 0.591. The molecule has 106 valence electrons. The molecule has 0 amide bonds. The lowest BCUT2D eigenvalue weighted by molar-refractivity contribution is -0.145. The van der Waals surface area contributed by atoms with E-state index in [9.17, 15) is 18.0 Å². The summed E-state index contributed by atoms with van der Waals surface area (Å²) in [5.74, 6) is -2.65. The van der Waals surface area contributed by atoms with Gasteiger partial charge in [-0.15, -0.1) is 0 Å². The van der Waals surface area contributed by atoms with E-state index < -0.39 is 33.6 Å². The number of hydrogen-bond donors (Lipinski definition) is 0. The second-order valence-electron chi connectivity index (χ2n) is 3.77. The molecule has 0 N–H and O–H groups in total. The van der Waals surface area contributed by atoms with Crippen LogP contribution in [0.5, 0.6) is 0 Å². The first-order valence-electron chi connectivity index (χ1n) is 5.42. The fourth-order valence-electron chi connectivity index (χ4n) is 1.24. The Hall–Kier alpha value is -1.15. The molecule has 0 bridgehead atoms. The van der Waals surface area contributed by atoms with Crippen LogP contribution in [0.3, 0.4) is 0 Å². The minimum Gasteiger partial charge on any atom is -0.469 e. The molecule has 0 aliphatic heterocycles. The summed E-state index contributed by atoms with van der Waals surface area (Å²) in [5.41, 5.74) is 0. The Bertz CT molecular complexity index is 391. The molecule has 0 rings (SSSR count). The molecule has 0 saturated heterocycles. The Morgan fingerprint density at radius 3 is 2.33 bits per heavy atom. The summed E-state index contributed by atoms with van der Waals surface area (Å²) in [6, 6.07) is 0. The van der Waals surface area contributed by atoms with Crippen molar-refractivity contribution < 1.29 is 27.5 Å². The van der Waals surface area contributed by atoms with Gasteiger partial charge in [0.2, 0.25) is 10.0 Å². The van der Waals surface area contributed by atoms with Crippen LogP contribution in [-0.2, 0) is 29.1 Å². The van der Waals surface area contributed by atoms with E-state index in [1.165, 1.54) is 14.2 Å². The molecule has 0 heterocycles. The van der Waals surface area contributed by atoms with Crippen LogP contribution in [0.4, 0.5) is 0 Å². The van der Waals surface area contributed by atoms with Gasteiger partial charge in [0.15, 0.2) is 5.75 Å². The van der Waals surface area contributed by atoms with Gasteiger partial charge in [0.25, 0.3) is 0 Å². The van der Waals surface area contributed by atoms with Gasteiger partial charge in [0.05, 0.1) is 19.6 Å². The molecule has 18 heavy (non-hydrogen) atoms. The second kappa shape index (κ2) is 7.32. The van der Waals surface area contributed by atoms with Gasteiger partial charge >= 0.3 is 11.9 Å². The van der Waals surface area contributed by atoms with Gasteiger partial charge in [0.1, 0.15) is 0 Å². The van der Waals surface area contributed by atoms with Crippen LogP contribution in [-0.4, -0.2) is 57.7 Å². The summed E-state index contributed by atoms with van der Waals surface area (Å²) in [6.07, 6.45) is 0. The summed E-state index contributed by atoms with van der Waals surface area (Å²) in [6.45, 7) is 3.21. The highest BCUT2D eigenvalue weighted by atomic mass is 32.2. The highest BCUT2D eigenvalue weighted by Crippen LogP contribution is 2.06. The number of esters is 2. The predicted molar refractivity (Wildman–Crippen MR) is 64.2 cm³/mol. The van der Waals surface area contributed by atoms with Crippen molar-refractivity contribution in [3.05, 3.63) is 0 Å². The first-order chi connectivity index (χ1) is 8.24. The Morgan fingerprint density at radius 2 is 1.89 bits per heavy atom. The lowest BCUT2D eigenvalue weighted by Gasteiger charge is -2.19. The molecule has 0 fully saturated rings. The maximum absolute atomic E-state index is 11.7. The molecule has 0 aliphatic rings. The summed E-state index contributed by atoms with van der Waals surface area (Å²) in [5, 5.41) is 0. The minimum atomic E-state index is -3.77. The van der Waals surface area contributed by atoms with E-state index in [1.807, 2.05) is 0 Å². The first kappa shape index (κ1) is 16.9. The fourth-order valence-corrected chi connectivity index (χ4v) is 2.29. The smallest absolute Gasteiger partial charge is 0.322 e. The molecule has 1 unspecified atom stereocenters. The van der Waals surface area contributed by atoms with Crippen LogP contribution >= 0.6 is 0 Å². The number of nitrogens with zero attached hydrogens (tertiary/aromatic N) is 1. The molecular weight excluding hydrogens is 262 g/mol. The van der Waals surface area contributed by atoms with Crippen molar-refractivity contribution in [3.8, 4) is 0 Å². The van der Waals surface area contributed by atoms with Crippen LogP contribution < -0.4 is 0 Å². The van der Waals surface area contributed by atoms with Gasteiger partial charge in [-0.25, -0.2) is 12.7 Å². The maximum Gasteiger partial charge on any atom is 0.322 e. The first-order valence-corrected chi connectivity index (χ1v) is 7.03. The predicted octanol–water partition coefficient (Wildman–Crippen LogP) is -0.380. The van der Waals surface area contributed by atoms with Crippen LogP contribution in [0.1, 0.15) is 13.8 Å². The molecule has 0 aromatic rings. The standard InChI is InChI=1S/C10H19NO6S/c1-5-17-9(12)7-18(14,15)11(3)6-8(2)10(13)16-4/h8H,5-7H2,1-4H3. The Morgan fingerprint density at radius 1 is 1.33 bits per heavy atom. The van der Waals surface area contributed by atoms with Crippen molar-refractivity contribution in [2.75, 3.05) is 33.1 Å². The van der Waals surface area contributed by atoms with Gasteiger partial charge in [-0.2, -0.15) is 0 Å². The van der Waals surface area contributed by atoms with E-state index in [0.29, 0.717) is 0 Å². The monoisotopic (exact) mass is 281 g/mol. The topological polar surface area (TPSA) is 90.0 Å². The van der Waals surface area contributed by atoms with Crippen LogP contribution in [0.25, 0.3) is 0 Å². The van der Waals surface area contributed by atoms with E-state index in [1.54, 1.807) is 13.8 Å². The van der Waals surface area contributed by atoms with Crippen LogP contribution in [0.15, 0.2) is 0 Å². The SMILES string of the molecule is CCOC(=O)CS(=O)(=O)N(C)CC(C)C(=O)OC. The van der Waals surface area contributed by atoms with E-state index in [-0.39, 0.29) is 13.2 Å². The van der Waals surface area contributed by atoms with Gasteiger partial charge in [-0.1, -0.05) is 6.92 Å². The zero-order valence-electron chi connectivity index (χ0n) is 11.0. The van der Waals surface area contributed by atoms with E-state index in [4.69, 9.17) is 0 Å². The molecule has 0 aliphatic carbocycles. The van der Waals surface area contributed by atoms with Crippen molar-refractivity contribution >= 4 is 22.0 Å². The van der Waals surface area contributed by atoms with Crippen molar-refractivity contribution in [1.29, 1.82) is 0 Å². The molecule has 0 aromatic heterocycles. The summed E-state index contributed by atoms with van der Waals surface area (Å²) in [4.78, 5) is 22.3. The highest BCUT2D eigenvalue weighted by Gasteiger charge is 2.26. The summed E-state index contributed by atoms with van der Waals surface area (Å²) in [7, 11) is -1.24. The normalized spacial score (nSPS) is 13.2. The van der Waals surface area contributed by atoms with Crippen molar-refractivity contribution in [1.82, 2.24) is 4.31 Å². The molecule has 7 nitrogen and oxygen atoms in total. The number of hydrogen-bond acceptors (Lipinski definition) is 6. The van der Waals surface area contributed by atoms with Crippen LogP contribution in [0, 0.1) is 5.92 Å². The van der Waals surface area contributed by atoms with E-state index in [2.05, 4.69) is 9.47 Å².